The lowest BCUT2D eigenvalue weighted by molar-refractivity contribution is 0.0679. The van der Waals surface area contributed by atoms with Gasteiger partial charge in [0, 0.05) is 19.2 Å². The molecule has 1 amide bonds. The lowest BCUT2D eigenvalue weighted by atomic mass is 10.1. The second-order valence-electron chi connectivity index (χ2n) is 8.17. The van der Waals surface area contributed by atoms with Crippen LogP contribution in [0.15, 0.2) is 84.9 Å². The first-order chi connectivity index (χ1) is 17.7. The molecule has 0 unspecified atom stereocenters. The smallest absolute Gasteiger partial charge is 0.254 e. The molecule has 0 saturated carbocycles. The quantitative estimate of drug-likeness (QED) is 0.280. The van der Waals surface area contributed by atoms with Crippen LogP contribution in [-0.2, 0) is 17.7 Å². The minimum Gasteiger partial charge on any atom is -0.493 e. The van der Waals surface area contributed by atoms with E-state index in [1.165, 1.54) is 0 Å². The van der Waals surface area contributed by atoms with E-state index >= 15 is 0 Å². The highest BCUT2D eigenvalue weighted by atomic mass is 16.5. The SMILES string of the molecule is CCc1nn(-c2ccccc2)c(Oc2ccccc2OC)c1CN(CCOC)C(=O)c1ccccc1. The average molecular weight is 486 g/mol. The monoisotopic (exact) mass is 485 g/mol. The van der Waals surface area contributed by atoms with Crippen molar-refractivity contribution in [2.24, 2.45) is 0 Å². The van der Waals surface area contributed by atoms with Crippen LogP contribution in [-0.4, -0.2) is 48.0 Å². The predicted octanol–water partition coefficient (Wildman–Crippen LogP) is 5.52. The number of methoxy groups -OCH3 is 2. The summed E-state index contributed by atoms with van der Waals surface area (Å²) in [6, 6.07) is 26.6. The van der Waals surface area contributed by atoms with E-state index in [0.29, 0.717) is 49.1 Å². The minimum atomic E-state index is -0.0783. The van der Waals surface area contributed by atoms with Crippen molar-refractivity contribution in [3.05, 3.63) is 102 Å². The summed E-state index contributed by atoms with van der Waals surface area (Å²) in [4.78, 5) is 15.3. The Morgan fingerprint density at radius 2 is 1.53 bits per heavy atom. The summed E-state index contributed by atoms with van der Waals surface area (Å²) in [6.07, 6.45) is 0.676. The highest BCUT2D eigenvalue weighted by molar-refractivity contribution is 5.94. The van der Waals surface area contributed by atoms with Gasteiger partial charge in [0.25, 0.3) is 5.91 Å². The Morgan fingerprint density at radius 1 is 0.889 bits per heavy atom. The Kier molecular flexibility index (Phi) is 8.36. The van der Waals surface area contributed by atoms with E-state index in [1.807, 2.05) is 91.9 Å². The fourth-order valence-electron chi connectivity index (χ4n) is 3.99. The zero-order valence-corrected chi connectivity index (χ0v) is 20.9. The summed E-state index contributed by atoms with van der Waals surface area (Å²) < 4.78 is 19.1. The standard InChI is InChI=1S/C29H31N3O4/c1-4-25-24(21-31(19-20-34-2)28(33)22-13-7-5-8-14-22)29(32(30-25)23-15-9-6-10-16-23)36-27-18-12-11-17-26(27)35-3/h5-18H,4,19-21H2,1-3H3. The summed E-state index contributed by atoms with van der Waals surface area (Å²) in [5.74, 6) is 1.65. The van der Waals surface area contributed by atoms with Gasteiger partial charge in [-0.05, 0) is 42.8 Å². The molecule has 186 valence electrons. The molecule has 0 atom stereocenters. The number of para-hydroxylation sites is 3. The lowest BCUT2D eigenvalue weighted by Gasteiger charge is -2.23. The van der Waals surface area contributed by atoms with Crippen molar-refractivity contribution in [2.75, 3.05) is 27.4 Å². The second-order valence-corrected chi connectivity index (χ2v) is 8.17. The fourth-order valence-corrected chi connectivity index (χ4v) is 3.99. The van der Waals surface area contributed by atoms with Crippen molar-refractivity contribution in [3.8, 4) is 23.1 Å². The Labute approximate surface area is 211 Å². The number of aryl methyl sites for hydroxylation is 1. The molecule has 7 nitrogen and oxygen atoms in total. The van der Waals surface area contributed by atoms with Crippen molar-refractivity contribution >= 4 is 5.91 Å². The van der Waals surface area contributed by atoms with Gasteiger partial charge in [0.1, 0.15) is 0 Å². The van der Waals surface area contributed by atoms with E-state index in [-0.39, 0.29) is 5.91 Å². The Hall–Kier alpha value is -4.10. The van der Waals surface area contributed by atoms with Crippen LogP contribution < -0.4 is 9.47 Å². The molecule has 0 fully saturated rings. The highest BCUT2D eigenvalue weighted by Crippen LogP contribution is 2.36. The van der Waals surface area contributed by atoms with E-state index in [1.54, 1.807) is 23.8 Å². The number of ether oxygens (including phenoxy) is 3. The summed E-state index contributed by atoms with van der Waals surface area (Å²) in [5, 5.41) is 4.90. The normalized spacial score (nSPS) is 10.8. The number of hydrogen-bond acceptors (Lipinski definition) is 5. The number of hydrogen-bond donors (Lipinski definition) is 0. The Morgan fingerprint density at radius 3 is 2.17 bits per heavy atom. The van der Waals surface area contributed by atoms with Crippen LogP contribution >= 0.6 is 0 Å². The molecular formula is C29H31N3O4. The van der Waals surface area contributed by atoms with Gasteiger partial charge in [-0.15, -0.1) is 0 Å². The van der Waals surface area contributed by atoms with Crippen LogP contribution in [0.25, 0.3) is 5.69 Å². The number of carbonyl (C=O) groups is 1. The number of amides is 1. The largest absolute Gasteiger partial charge is 0.493 e. The molecule has 0 aliphatic carbocycles. The van der Waals surface area contributed by atoms with E-state index in [4.69, 9.17) is 19.3 Å². The molecule has 0 N–H and O–H groups in total. The van der Waals surface area contributed by atoms with Gasteiger partial charge in [0.05, 0.1) is 37.2 Å². The summed E-state index contributed by atoms with van der Waals surface area (Å²) in [6.45, 7) is 3.21. The molecule has 36 heavy (non-hydrogen) atoms. The lowest BCUT2D eigenvalue weighted by Crippen LogP contribution is -2.33. The van der Waals surface area contributed by atoms with Gasteiger partial charge in [0.15, 0.2) is 11.5 Å². The zero-order valence-electron chi connectivity index (χ0n) is 20.9. The third-order valence-corrected chi connectivity index (χ3v) is 5.85. The zero-order chi connectivity index (χ0) is 25.3. The van der Waals surface area contributed by atoms with E-state index in [0.717, 1.165) is 16.9 Å². The van der Waals surface area contributed by atoms with Crippen LogP contribution in [0.5, 0.6) is 17.4 Å². The predicted molar refractivity (Wildman–Crippen MR) is 139 cm³/mol. The Bertz CT molecular complexity index is 1270. The molecule has 4 rings (SSSR count). The fraction of sp³-hybridized carbons (Fsp3) is 0.241. The number of rotatable bonds is 11. The first kappa shape index (κ1) is 25.0. The van der Waals surface area contributed by atoms with Crippen LogP contribution in [0.2, 0.25) is 0 Å². The van der Waals surface area contributed by atoms with Gasteiger partial charge < -0.3 is 19.1 Å². The molecule has 0 aliphatic heterocycles. The molecule has 4 aromatic rings. The number of benzene rings is 3. The molecule has 1 aromatic heterocycles. The van der Waals surface area contributed by atoms with Gasteiger partial charge in [-0.3, -0.25) is 4.79 Å². The highest BCUT2D eigenvalue weighted by Gasteiger charge is 2.25. The van der Waals surface area contributed by atoms with Crippen molar-refractivity contribution < 1.29 is 19.0 Å². The summed E-state index contributed by atoms with van der Waals surface area (Å²) >= 11 is 0. The maximum Gasteiger partial charge on any atom is 0.254 e. The van der Waals surface area contributed by atoms with Gasteiger partial charge in [-0.25, -0.2) is 4.68 Å². The van der Waals surface area contributed by atoms with Gasteiger partial charge in [-0.1, -0.05) is 55.5 Å². The number of nitrogens with zero attached hydrogens (tertiary/aromatic N) is 3. The molecule has 0 aliphatic rings. The van der Waals surface area contributed by atoms with Gasteiger partial charge in [-0.2, -0.15) is 5.10 Å². The first-order valence-electron chi connectivity index (χ1n) is 12.0. The van der Waals surface area contributed by atoms with Crippen LogP contribution in [0.3, 0.4) is 0 Å². The third kappa shape index (κ3) is 5.58. The summed E-state index contributed by atoms with van der Waals surface area (Å²) in [5.41, 5.74) is 3.18. The van der Waals surface area contributed by atoms with Gasteiger partial charge >= 0.3 is 0 Å². The number of carbonyl (C=O) groups excluding carboxylic acids is 1. The van der Waals surface area contributed by atoms with Crippen LogP contribution in [0.4, 0.5) is 0 Å². The molecule has 3 aromatic carbocycles. The molecule has 0 bridgehead atoms. The molecule has 0 spiro atoms. The van der Waals surface area contributed by atoms with Gasteiger partial charge in [0.2, 0.25) is 5.88 Å². The maximum atomic E-state index is 13.5. The van der Waals surface area contributed by atoms with E-state index in [2.05, 4.69) is 0 Å². The second kappa shape index (κ2) is 12.0. The first-order valence-corrected chi connectivity index (χ1v) is 12.0. The van der Waals surface area contributed by atoms with Crippen molar-refractivity contribution in [1.29, 1.82) is 0 Å². The average Bonchev–Trinajstić information content (AvgIpc) is 3.28. The molecule has 7 heteroatoms. The minimum absolute atomic E-state index is 0.0783. The molecule has 0 saturated heterocycles. The van der Waals surface area contributed by atoms with E-state index < -0.39 is 0 Å². The third-order valence-electron chi connectivity index (χ3n) is 5.85. The molecule has 0 radical (unpaired) electrons. The van der Waals surface area contributed by atoms with Crippen molar-refractivity contribution in [1.82, 2.24) is 14.7 Å². The molecule has 1 heterocycles. The topological polar surface area (TPSA) is 65.8 Å². The van der Waals surface area contributed by atoms with Crippen LogP contribution in [0, 0.1) is 0 Å². The van der Waals surface area contributed by atoms with Crippen LogP contribution in [0.1, 0.15) is 28.5 Å². The van der Waals surface area contributed by atoms with E-state index in [9.17, 15) is 4.79 Å². The van der Waals surface area contributed by atoms with Crippen molar-refractivity contribution in [2.45, 2.75) is 19.9 Å². The maximum absolute atomic E-state index is 13.5. The van der Waals surface area contributed by atoms with Crippen molar-refractivity contribution in [3.63, 3.8) is 0 Å². The molecular weight excluding hydrogens is 454 g/mol. The number of aromatic nitrogens is 2. The summed E-state index contributed by atoms with van der Waals surface area (Å²) in [7, 11) is 3.24. The Balaban J connectivity index is 1.81.